The zero-order valence-electron chi connectivity index (χ0n) is 15.7. The summed E-state index contributed by atoms with van der Waals surface area (Å²) in [7, 11) is 0. The van der Waals surface area contributed by atoms with Crippen molar-refractivity contribution in [2.24, 2.45) is 11.7 Å². The van der Waals surface area contributed by atoms with Gasteiger partial charge in [0.25, 0.3) is 5.91 Å². The van der Waals surface area contributed by atoms with Crippen LogP contribution in [0.25, 0.3) is 0 Å². The minimum Gasteiger partial charge on any atom is -0.490 e. The van der Waals surface area contributed by atoms with Gasteiger partial charge in [-0.05, 0) is 36.4 Å². The number of carbonyl (C=O) groups is 2. The maximum absolute atomic E-state index is 13.0. The molecule has 0 aliphatic carbocycles. The van der Waals surface area contributed by atoms with Gasteiger partial charge in [0.05, 0.1) is 0 Å². The fourth-order valence-electron chi connectivity index (χ4n) is 3.73. The number of nitrogens with zero attached hydrogens (tertiary/aromatic N) is 1. The zero-order chi connectivity index (χ0) is 20.4. The van der Waals surface area contributed by atoms with E-state index in [1.54, 1.807) is 23.1 Å². The average molecular weight is 461 g/mol. The van der Waals surface area contributed by atoms with Crippen LogP contribution < -0.4 is 19.9 Å². The minimum atomic E-state index is -0.407. The molecular formula is C21H21BrN2O5. The number of fused-ring (bicyclic) bond motifs is 1. The fourth-order valence-corrected chi connectivity index (χ4v) is 4.11. The molecule has 0 saturated carbocycles. The highest BCUT2D eigenvalue weighted by Crippen LogP contribution is 2.34. The highest BCUT2D eigenvalue weighted by Gasteiger charge is 2.34. The van der Waals surface area contributed by atoms with Crippen molar-refractivity contribution >= 4 is 27.7 Å². The summed E-state index contributed by atoms with van der Waals surface area (Å²) >= 11 is 3.43. The van der Waals surface area contributed by atoms with Crippen LogP contribution in [-0.4, -0.2) is 42.7 Å². The lowest BCUT2D eigenvalue weighted by atomic mass is 9.90. The number of halogens is 1. The number of piperidine rings is 1. The zero-order valence-corrected chi connectivity index (χ0v) is 17.3. The quantitative estimate of drug-likeness (QED) is 0.740. The summed E-state index contributed by atoms with van der Waals surface area (Å²) in [5, 5.41) is 0. The minimum absolute atomic E-state index is 0.112. The number of amides is 2. The van der Waals surface area contributed by atoms with Gasteiger partial charge in [-0.2, -0.15) is 0 Å². The summed E-state index contributed by atoms with van der Waals surface area (Å²) in [6.07, 6.45) is 0.572. The Balaban J connectivity index is 1.48. The van der Waals surface area contributed by atoms with Crippen LogP contribution in [0.5, 0.6) is 17.2 Å². The van der Waals surface area contributed by atoms with Gasteiger partial charge in [0.15, 0.2) is 11.5 Å². The fraction of sp³-hybridized carbons (Fsp3) is 0.333. The van der Waals surface area contributed by atoms with Crippen LogP contribution in [0.4, 0.5) is 0 Å². The topological polar surface area (TPSA) is 91.1 Å². The molecule has 2 aliphatic heterocycles. The third-order valence-corrected chi connectivity index (χ3v) is 5.61. The van der Waals surface area contributed by atoms with Crippen LogP contribution in [0.1, 0.15) is 23.2 Å². The van der Waals surface area contributed by atoms with Gasteiger partial charge in [-0.3, -0.25) is 9.59 Å². The smallest absolute Gasteiger partial charge is 0.254 e. The molecule has 1 saturated heterocycles. The van der Waals surface area contributed by atoms with E-state index >= 15 is 0 Å². The Hall–Kier alpha value is -2.74. The van der Waals surface area contributed by atoms with Gasteiger partial charge in [-0.15, -0.1) is 0 Å². The molecule has 7 nitrogen and oxygen atoms in total. The van der Waals surface area contributed by atoms with E-state index in [1.807, 2.05) is 24.3 Å². The molecule has 2 atom stereocenters. The van der Waals surface area contributed by atoms with Gasteiger partial charge in [0.2, 0.25) is 12.7 Å². The largest absolute Gasteiger partial charge is 0.490 e. The van der Waals surface area contributed by atoms with Crippen molar-refractivity contribution in [2.75, 3.05) is 19.9 Å². The summed E-state index contributed by atoms with van der Waals surface area (Å²) in [5.41, 5.74) is 5.99. The van der Waals surface area contributed by atoms with E-state index in [9.17, 15) is 9.59 Å². The van der Waals surface area contributed by atoms with Crippen molar-refractivity contribution in [1.29, 1.82) is 0 Å². The molecule has 0 unspecified atom stereocenters. The number of ether oxygens (including phenoxy) is 3. The average Bonchev–Trinajstić information content (AvgIpc) is 3.16. The van der Waals surface area contributed by atoms with Crippen molar-refractivity contribution in [2.45, 2.75) is 18.9 Å². The van der Waals surface area contributed by atoms with Crippen LogP contribution >= 0.6 is 15.9 Å². The van der Waals surface area contributed by atoms with E-state index in [0.717, 1.165) is 10.2 Å². The van der Waals surface area contributed by atoms with E-state index in [2.05, 4.69) is 15.9 Å². The van der Waals surface area contributed by atoms with E-state index in [4.69, 9.17) is 19.9 Å². The molecule has 2 aromatic carbocycles. The lowest BCUT2D eigenvalue weighted by Gasteiger charge is -2.38. The van der Waals surface area contributed by atoms with Crippen molar-refractivity contribution in [3.05, 3.63) is 52.5 Å². The molecule has 2 heterocycles. The van der Waals surface area contributed by atoms with Gasteiger partial charge < -0.3 is 24.8 Å². The number of carbonyl (C=O) groups excluding carboxylic acids is 2. The first-order valence-electron chi connectivity index (χ1n) is 9.39. The van der Waals surface area contributed by atoms with Crippen molar-refractivity contribution in [1.82, 2.24) is 4.90 Å². The Bertz CT molecular complexity index is 935. The first kappa shape index (κ1) is 19.6. The van der Waals surface area contributed by atoms with Gasteiger partial charge in [0.1, 0.15) is 11.9 Å². The second-order valence-electron chi connectivity index (χ2n) is 7.15. The Labute approximate surface area is 176 Å². The summed E-state index contributed by atoms with van der Waals surface area (Å²) < 4.78 is 17.7. The molecule has 2 amide bonds. The summed E-state index contributed by atoms with van der Waals surface area (Å²) in [5.74, 6) is 1.22. The molecule has 0 spiro atoms. The monoisotopic (exact) mass is 460 g/mol. The predicted octanol–water partition coefficient (Wildman–Crippen LogP) is 2.96. The molecular weight excluding hydrogens is 440 g/mol. The third kappa shape index (κ3) is 4.48. The van der Waals surface area contributed by atoms with Crippen LogP contribution in [0, 0.1) is 5.92 Å². The summed E-state index contributed by atoms with van der Waals surface area (Å²) in [4.78, 5) is 26.4. The number of likely N-dealkylation sites (tertiary alicyclic amines) is 1. The number of benzene rings is 2. The summed E-state index contributed by atoms with van der Waals surface area (Å²) in [6, 6.07) is 12.7. The third-order valence-electron chi connectivity index (χ3n) is 5.12. The SMILES string of the molecule is NC(=O)C[C@H]1CN(C(=O)c2ccc3c(c2)OCO3)CC[C@@H]1Oc1cccc(Br)c1. The van der Waals surface area contributed by atoms with E-state index in [0.29, 0.717) is 36.6 Å². The lowest BCUT2D eigenvalue weighted by molar-refractivity contribution is -0.120. The van der Waals surface area contributed by atoms with Crippen LogP contribution in [-0.2, 0) is 4.79 Å². The van der Waals surface area contributed by atoms with Crippen LogP contribution in [0.3, 0.4) is 0 Å². The van der Waals surface area contributed by atoms with Gasteiger partial charge in [0, 0.05) is 41.9 Å². The molecule has 2 aliphatic rings. The van der Waals surface area contributed by atoms with Gasteiger partial charge >= 0.3 is 0 Å². The first-order valence-corrected chi connectivity index (χ1v) is 10.2. The molecule has 0 radical (unpaired) electrons. The molecule has 0 aromatic heterocycles. The molecule has 2 aromatic rings. The van der Waals surface area contributed by atoms with Crippen LogP contribution in [0.2, 0.25) is 0 Å². The standard InChI is InChI=1S/C21H21BrN2O5/c22-15-2-1-3-16(10-15)29-17-6-7-24(11-14(17)9-20(23)25)21(26)13-4-5-18-19(8-13)28-12-27-18/h1-5,8,10,14,17H,6-7,9,11-12H2,(H2,23,25)/t14-,17-/m0/s1. The number of rotatable bonds is 5. The van der Waals surface area contributed by atoms with E-state index < -0.39 is 5.91 Å². The summed E-state index contributed by atoms with van der Waals surface area (Å²) in [6.45, 7) is 1.09. The van der Waals surface area contributed by atoms with E-state index in [1.165, 1.54) is 0 Å². The Morgan fingerprint density at radius 3 is 2.79 bits per heavy atom. The molecule has 2 N–H and O–H groups in total. The van der Waals surface area contributed by atoms with Crippen molar-refractivity contribution in [3.8, 4) is 17.2 Å². The maximum Gasteiger partial charge on any atom is 0.254 e. The lowest BCUT2D eigenvalue weighted by Crippen LogP contribution is -2.49. The number of nitrogens with two attached hydrogens (primary N) is 1. The molecule has 1 fully saturated rings. The van der Waals surface area contributed by atoms with Crippen molar-refractivity contribution < 1.29 is 23.8 Å². The van der Waals surface area contributed by atoms with Gasteiger partial charge in [-0.1, -0.05) is 22.0 Å². The molecule has 152 valence electrons. The molecule has 4 rings (SSSR count). The van der Waals surface area contributed by atoms with E-state index in [-0.39, 0.29) is 31.1 Å². The number of hydrogen-bond acceptors (Lipinski definition) is 5. The first-order chi connectivity index (χ1) is 14.0. The predicted molar refractivity (Wildman–Crippen MR) is 109 cm³/mol. The second-order valence-corrected chi connectivity index (χ2v) is 8.07. The Morgan fingerprint density at radius 2 is 2.00 bits per heavy atom. The Kier molecular flexibility index (Phi) is 5.62. The molecule has 29 heavy (non-hydrogen) atoms. The number of hydrogen-bond donors (Lipinski definition) is 1. The molecule has 8 heteroatoms. The maximum atomic E-state index is 13.0. The normalized spacial score (nSPS) is 20.4. The van der Waals surface area contributed by atoms with Crippen LogP contribution in [0.15, 0.2) is 46.9 Å². The molecule has 0 bridgehead atoms. The van der Waals surface area contributed by atoms with Gasteiger partial charge in [-0.25, -0.2) is 0 Å². The van der Waals surface area contributed by atoms with Crippen molar-refractivity contribution in [3.63, 3.8) is 0 Å². The highest BCUT2D eigenvalue weighted by molar-refractivity contribution is 9.10. The second kappa shape index (κ2) is 8.32. The number of primary amides is 1. The highest BCUT2D eigenvalue weighted by atomic mass is 79.9. The Morgan fingerprint density at radius 1 is 1.17 bits per heavy atom.